The summed E-state index contributed by atoms with van der Waals surface area (Å²) in [4.78, 5) is 31.8. The standard InChI is InChI=1S/C27H40N6O3/c1-5-6-7-8-9-10-11-12-13-14-19-33-23-24(32(3)27(35)29-25(23)34)28-26(33)31-30-20(2)21-15-17-22(36-4)18-16-21/h15-18H,5-14,19H2,1-4H3,(H,28,31)(H,29,34,35)/b30-20-. The summed E-state index contributed by atoms with van der Waals surface area (Å²) in [6.07, 6.45) is 12.3. The Bertz CT molecular complexity index is 1250. The monoisotopic (exact) mass is 496 g/mol. The van der Waals surface area contributed by atoms with Crippen LogP contribution in [0.3, 0.4) is 0 Å². The lowest BCUT2D eigenvalue weighted by Gasteiger charge is -2.09. The molecule has 0 aliphatic carbocycles. The van der Waals surface area contributed by atoms with Gasteiger partial charge in [-0.15, -0.1) is 0 Å². The lowest BCUT2D eigenvalue weighted by Crippen LogP contribution is -2.29. The number of ether oxygens (including phenoxy) is 1. The van der Waals surface area contributed by atoms with E-state index in [0.29, 0.717) is 23.7 Å². The number of hydrazone groups is 1. The number of unbranched alkanes of at least 4 members (excludes halogenated alkanes) is 9. The van der Waals surface area contributed by atoms with E-state index in [1.54, 1.807) is 14.2 Å². The Morgan fingerprint density at radius 3 is 2.22 bits per heavy atom. The molecule has 0 saturated heterocycles. The zero-order valence-electron chi connectivity index (χ0n) is 22.1. The Hall–Kier alpha value is -3.36. The van der Waals surface area contributed by atoms with Crippen LogP contribution in [0.25, 0.3) is 11.2 Å². The molecule has 0 atom stereocenters. The van der Waals surface area contributed by atoms with E-state index >= 15 is 0 Å². The molecule has 3 aromatic rings. The number of rotatable bonds is 15. The normalized spacial score (nSPS) is 11.8. The number of methoxy groups -OCH3 is 1. The van der Waals surface area contributed by atoms with Crippen LogP contribution in [0.1, 0.15) is 83.6 Å². The number of hydrogen-bond acceptors (Lipinski definition) is 6. The molecule has 3 rings (SSSR count). The van der Waals surface area contributed by atoms with Crippen LogP contribution in [0.15, 0.2) is 39.0 Å². The third kappa shape index (κ3) is 7.08. The van der Waals surface area contributed by atoms with Gasteiger partial charge in [-0.25, -0.2) is 10.2 Å². The van der Waals surface area contributed by atoms with Crippen molar-refractivity contribution in [2.75, 3.05) is 12.5 Å². The maximum Gasteiger partial charge on any atom is 0.329 e. The van der Waals surface area contributed by atoms with Crippen molar-refractivity contribution in [1.29, 1.82) is 0 Å². The molecule has 9 heteroatoms. The van der Waals surface area contributed by atoms with Gasteiger partial charge in [-0.2, -0.15) is 10.1 Å². The molecule has 0 spiro atoms. The van der Waals surface area contributed by atoms with Crippen LogP contribution in [0.5, 0.6) is 5.75 Å². The summed E-state index contributed by atoms with van der Waals surface area (Å²) in [5.74, 6) is 1.22. The predicted molar refractivity (Wildman–Crippen MR) is 146 cm³/mol. The van der Waals surface area contributed by atoms with E-state index in [1.165, 1.54) is 55.9 Å². The molecule has 0 amide bonds. The van der Waals surface area contributed by atoms with Crippen molar-refractivity contribution < 1.29 is 4.74 Å². The van der Waals surface area contributed by atoms with Gasteiger partial charge < -0.3 is 9.30 Å². The van der Waals surface area contributed by atoms with Crippen molar-refractivity contribution in [3.8, 4) is 5.75 Å². The Morgan fingerprint density at radius 1 is 1.00 bits per heavy atom. The molecular formula is C27H40N6O3. The van der Waals surface area contributed by atoms with E-state index in [9.17, 15) is 9.59 Å². The number of imidazole rings is 1. The summed E-state index contributed by atoms with van der Waals surface area (Å²) in [5, 5.41) is 4.50. The predicted octanol–water partition coefficient (Wildman–Crippen LogP) is 5.19. The van der Waals surface area contributed by atoms with E-state index < -0.39 is 11.2 Å². The molecular weight excluding hydrogens is 456 g/mol. The Labute approximate surface area is 212 Å². The van der Waals surface area contributed by atoms with Gasteiger partial charge >= 0.3 is 5.69 Å². The molecule has 2 aromatic heterocycles. The number of hydrogen-bond donors (Lipinski definition) is 2. The van der Waals surface area contributed by atoms with Crippen molar-refractivity contribution in [2.45, 2.75) is 84.6 Å². The van der Waals surface area contributed by atoms with Crippen LogP contribution >= 0.6 is 0 Å². The average molecular weight is 497 g/mol. The van der Waals surface area contributed by atoms with E-state index in [1.807, 2.05) is 35.8 Å². The van der Waals surface area contributed by atoms with Crippen LogP contribution in [0.2, 0.25) is 0 Å². The minimum Gasteiger partial charge on any atom is -0.497 e. The molecule has 0 radical (unpaired) electrons. The van der Waals surface area contributed by atoms with Gasteiger partial charge in [0.25, 0.3) is 5.56 Å². The molecule has 9 nitrogen and oxygen atoms in total. The van der Waals surface area contributed by atoms with Gasteiger partial charge in [0.05, 0.1) is 12.8 Å². The molecule has 0 saturated carbocycles. The van der Waals surface area contributed by atoms with Crippen molar-refractivity contribution in [3.63, 3.8) is 0 Å². The minimum atomic E-state index is -0.486. The fraction of sp³-hybridized carbons (Fsp3) is 0.556. The number of anilines is 1. The van der Waals surface area contributed by atoms with Gasteiger partial charge in [-0.05, 0) is 43.2 Å². The molecule has 196 valence electrons. The molecule has 0 fully saturated rings. The average Bonchev–Trinajstić information content (AvgIpc) is 3.26. The van der Waals surface area contributed by atoms with Crippen molar-refractivity contribution in [2.24, 2.45) is 12.1 Å². The van der Waals surface area contributed by atoms with Gasteiger partial charge in [-0.3, -0.25) is 14.3 Å². The second-order valence-electron chi connectivity index (χ2n) is 9.30. The summed E-state index contributed by atoms with van der Waals surface area (Å²) >= 11 is 0. The number of nitrogens with one attached hydrogen (secondary N) is 2. The largest absolute Gasteiger partial charge is 0.497 e. The number of aryl methyl sites for hydroxylation is 2. The summed E-state index contributed by atoms with van der Waals surface area (Å²) in [6.45, 7) is 4.76. The zero-order valence-corrected chi connectivity index (χ0v) is 22.1. The maximum atomic E-state index is 12.7. The highest BCUT2D eigenvalue weighted by molar-refractivity contribution is 5.99. The fourth-order valence-electron chi connectivity index (χ4n) is 4.33. The molecule has 36 heavy (non-hydrogen) atoms. The Morgan fingerprint density at radius 2 is 1.61 bits per heavy atom. The van der Waals surface area contributed by atoms with Crippen molar-refractivity contribution >= 4 is 22.8 Å². The van der Waals surface area contributed by atoms with E-state index in [0.717, 1.165) is 29.9 Å². The fourth-order valence-corrected chi connectivity index (χ4v) is 4.33. The minimum absolute atomic E-state index is 0.343. The molecule has 2 heterocycles. The first kappa shape index (κ1) is 27.2. The molecule has 2 N–H and O–H groups in total. The third-order valence-corrected chi connectivity index (χ3v) is 6.57. The lowest BCUT2D eigenvalue weighted by atomic mass is 10.1. The SMILES string of the molecule is CCCCCCCCCCCCn1c(N/N=C(/C)c2ccc(OC)cc2)nc2c1c(=O)[nH]c(=O)n2C. The van der Waals surface area contributed by atoms with Crippen LogP contribution in [0, 0.1) is 0 Å². The van der Waals surface area contributed by atoms with E-state index in [4.69, 9.17) is 4.74 Å². The molecule has 0 unspecified atom stereocenters. The lowest BCUT2D eigenvalue weighted by molar-refractivity contribution is 0.415. The van der Waals surface area contributed by atoms with Gasteiger partial charge in [0.2, 0.25) is 5.95 Å². The number of aromatic amines is 1. The molecule has 1 aromatic carbocycles. The van der Waals surface area contributed by atoms with Gasteiger partial charge in [0.1, 0.15) is 5.75 Å². The summed E-state index contributed by atoms with van der Waals surface area (Å²) in [5.41, 5.74) is 4.53. The highest BCUT2D eigenvalue weighted by Crippen LogP contribution is 2.18. The zero-order chi connectivity index (χ0) is 25.9. The van der Waals surface area contributed by atoms with Gasteiger partial charge in [0.15, 0.2) is 11.2 Å². The van der Waals surface area contributed by atoms with Crippen LogP contribution < -0.4 is 21.4 Å². The van der Waals surface area contributed by atoms with Gasteiger partial charge in [-0.1, -0.05) is 64.7 Å². The van der Waals surface area contributed by atoms with Gasteiger partial charge in [0, 0.05) is 13.6 Å². The highest BCUT2D eigenvalue weighted by Gasteiger charge is 2.17. The quantitative estimate of drug-likeness (QED) is 0.171. The topological polar surface area (TPSA) is 106 Å². The number of H-pyrrole nitrogens is 1. The number of nitrogens with zero attached hydrogens (tertiary/aromatic N) is 4. The van der Waals surface area contributed by atoms with Crippen molar-refractivity contribution in [1.82, 2.24) is 19.1 Å². The Balaban J connectivity index is 1.70. The van der Waals surface area contributed by atoms with Crippen LogP contribution in [-0.2, 0) is 13.6 Å². The number of aromatic nitrogens is 4. The molecule has 0 bridgehead atoms. The summed E-state index contributed by atoms with van der Waals surface area (Å²) < 4.78 is 8.41. The third-order valence-electron chi connectivity index (χ3n) is 6.57. The maximum absolute atomic E-state index is 12.7. The van der Waals surface area contributed by atoms with Crippen LogP contribution in [0.4, 0.5) is 5.95 Å². The molecule has 0 aliphatic heterocycles. The van der Waals surface area contributed by atoms with E-state index in [-0.39, 0.29) is 0 Å². The van der Waals surface area contributed by atoms with Crippen molar-refractivity contribution in [3.05, 3.63) is 50.7 Å². The smallest absolute Gasteiger partial charge is 0.329 e. The number of benzene rings is 1. The first-order valence-electron chi connectivity index (χ1n) is 13.1. The molecule has 0 aliphatic rings. The highest BCUT2D eigenvalue weighted by atomic mass is 16.5. The first-order chi connectivity index (χ1) is 17.5. The second kappa shape index (κ2) is 13.7. The summed E-state index contributed by atoms with van der Waals surface area (Å²) in [6, 6.07) is 7.62. The number of fused-ring (bicyclic) bond motifs is 1. The van der Waals surface area contributed by atoms with E-state index in [2.05, 4.69) is 27.4 Å². The van der Waals surface area contributed by atoms with Crippen LogP contribution in [-0.4, -0.2) is 31.9 Å². The first-order valence-corrected chi connectivity index (χ1v) is 13.1. The summed E-state index contributed by atoms with van der Waals surface area (Å²) in [7, 11) is 3.24. The Kier molecular flexibility index (Phi) is 10.3. The second-order valence-corrected chi connectivity index (χ2v) is 9.30.